The van der Waals surface area contributed by atoms with Crippen LogP contribution in [0, 0.1) is 0 Å². The highest BCUT2D eigenvalue weighted by Gasteiger charge is 2.19. The first-order chi connectivity index (χ1) is 7.93. The van der Waals surface area contributed by atoms with E-state index in [0.717, 1.165) is 24.6 Å². The molecule has 1 aromatic heterocycles. The molecule has 1 fully saturated rings. The van der Waals surface area contributed by atoms with E-state index in [0.29, 0.717) is 6.04 Å². The van der Waals surface area contributed by atoms with Crippen molar-refractivity contribution in [1.29, 1.82) is 0 Å². The predicted molar refractivity (Wildman–Crippen MR) is 61.8 cm³/mol. The van der Waals surface area contributed by atoms with Gasteiger partial charge in [0.25, 0.3) is 0 Å². The van der Waals surface area contributed by atoms with Gasteiger partial charge in [0.1, 0.15) is 0 Å². The van der Waals surface area contributed by atoms with Crippen LogP contribution in [-0.2, 0) is 4.74 Å². The van der Waals surface area contributed by atoms with Crippen LogP contribution < -0.4 is 5.32 Å². The van der Waals surface area contributed by atoms with E-state index in [1.54, 1.807) is 6.20 Å². The van der Waals surface area contributed by atoms with Gasteiger partial charge in [0.05, 0.1) is 30.6 Å². The van der Waals surface area contributed by atoms with Crippen molar-refractivity contribution in [2.75, 3.05) is 18.5 Å². The highest BCUT2D eigenvalue weighted by atomic mass is 16.5. The molecule has 0 amide bonds. The van der Waals surface area contributed by atoms with E-state index in [1.807, 2.05) is 29.1 Å². The van der Waals surface area contributed by atoms with Crippen molar-refractivity contribution in [2.45, 2.75) is 6.04 Å². The van der Waals surface area contributed by atoms with Crippen LogP contribution in [0.25, 0.3) is 5.69 Å². The molecule has 0 unspecified atom stereocenters. The minimum Gasteiger partial charge on any atom is -0.377 e. The lowest BCUT2D eigenvalue weighted by atomic mass is 10.2. The zero-order valence-electron chi connectivity index (χ0n) is 8.84. The lowest BCUT2D eigenvalue weighted by Gasteiger charge is -2.28. The number of benzene rings is 1. The average molecular weight is 215 g/mol. The standard InChI is InChI=1S/C12H13N3O/c1-2-5-12(15-7-3-6-13-15)11(4-1)14-10-8-16-9-10/h1-7,10,14H,8-9H2. The van der Waals surface area contributed by atoms with Crippen LogP contribution in [0.1, 0.15) is 0 Å². The summed E-state index contributed by atoms with van der Waals surface area (Å²) in [5.74, 6) is 0. The third-order valence-electron chi connectivity index (χ3n) is 2.65. The van der Waals surface area contributed by atoms with Crippen molar-refractivity contribution in [1.82, 2.24) is 9.78 Å². The fourth-order valence-corrected chi connectivity index (χ4v) is 1.75. The number of aromatic nitrogens is 2. The maximum Gasteiger partial charge on any atom is 0.0876 e. The summed E-state index contributed by atoms with van der Waals surface area (Å²) in [6, 6.07) is 10.5. The van der Waals surface area contributed by atoms with Crippen LogP contribution in [0.3, 0.4) is 0 Å². The normalized spacial score (nSPS) is 15.8. The van der Waals surface area contributed by atoms with Crippen LogP contribution in [-0.4, -0.2) is 29.0 Å². The lowest BCUT2D eigenvalue weighted by Crippen LogP contribution is -2.40. The second kappa shape index (κ2) is 3.98. The molecule has 1 aliphatic heterocycles. The third-order valence-corrected chi connectivity index (χ3v) is 2.65. The molecule has 1 saturated heterocycles. The molecule has 82 valence electrons. The number of nitrogens with one attached hydrogen (secondary N) is 1. The summed E-state index contributed by atoms with van der Waals surface area (Å²) in [5.41, 5.74) is 2.17. The molecule has 1 aromatic carbocycles. The van der Waals surface area contributed by atoms with Crippen molar-refractivity contribution in [2.24, 2.45) is 0 Å². The Labute approximate surface area is 93.8 Å². The molecule has 2 heterocycles. The van der Waals surface area contributed by atoms with Crippen LogP contribution in [0.5, 0.6) is 0 Å². The van der Waals surface area contributed by atoms with E-state index < -0.39 is 0 Å². The van der Waals surface area contributed by atoms with Gasteiger partial charge in [0, 0.05) is 12.4 Å². The van der Waals surface area contributed by atoms with Gasteiger partial charge < -0.3 is 10.1 Å². The smallest absolute Gasteiger partial charge is 0.0876 e. The zero-order chi connectivity index (χ0) is 10.8. The van der Waals surface area contributed by atoms with E-state index in [1.165, 1.54) is 0 Å². The van der Waals surface area contributed by atoms with Gasteiger partial charge in [-0.1, -0.05) is 12.1 Å². The quantitative estimate of drug-likeness (QED) is 0.846. The summed E-state index contributed by atoms with van der Waals surface area (Å²) < 4.78 is 7.02. The Balaban J connectivity index is 1.91. The highest BCUT2D eigenvalue weighted by Crippen LogP contribution is 2.21. The van der Waals surface area contributed by atoms with Crippen molar-refractivity contribution in [3.8, 4) is 5.69 Å². The Morgan fingerprint density at radius 2 is 2.12 bits per heavy atom. The largest absolute Gasteiger partial charge is 0.377 e. The summed E-state index contributed by atoms with van der Waals surface area (Å²) in [5, 5.41) is 7.69. The summed E-state index contributed by atoms with van der Waals surface area (Å²) in [4.78, 5) is 0. The Bertz CT molecular complexity index is 463. The van der Waals surface area contributed by atoms with E-state index in [9.17, 15) is 0 Å². The van der Waals surface area contributed by atoms with Gasteiger partial charge in [-0.15, -0.1) is 0 Å². The van der Waals surface area contributed by atoms with Crippen molar-refractivity contribution in [3.05, 3.63) is 42.7 Å². The fraction of sp³-hybridized carbons (Fsp3) is 0.250. The Morgan fingerprint density at radius 1 is 1.25 bits per heavy atom. The molecule has 0 radical (unpaired) electrons. The molecule has 1 aliphatic rings. The minimum absolute atomic E-state index is 0.428. The summed E-state index contributed by atoms with van der Waals surface area (Å²) in [6.45, 7) is 1.57. The average Bonchev–Trinajstić information content (AvgIpc) is 2.77. The first kappa shape index (κ1) is 9.42. The fourth-order valence-electron chi connectivity index (χ4n) is 1.75. The van der Waals surface area contributed by atoms with Crippen LogP contribution in [0.15, 0.2) is 42.7 Å². The van der Waals surface area contributed by atoms with E-state index in [2.05, 4.69) is 22.5 Å². The second-order valence-corrected chi connectivity index (χ2v) is 3.85. The van der Waals surface area contributed by atoms with Gasteiger partial charge in [0.2, 0.25) is 0 Å². The van der Waals surface area contributed by atoms with Crippen molar-refractivity contribution in [3.63, 3.8) is 0 Å². The molecule has 4 nitrogen and oxygen atoms in total. The Hall–Kier alpha value is -1.81. The number of ether oxygens (including phenoxy) is 1. The molecule has 4 heteroatoms. The topological polar surface area (TPSA) is 39.1 Å². The monoisotopic (exact) mass is 215 g/mol. The van der Waals surface area contributed by atoms with Crippen molar-refractivity contribution >= 4 is 5.69 Å². The molecule has 0 saturated carbocycles. The summed E-state index contributed by atoms with van der Waals surface area (Å²) in [7, 11) is 0. The number of hydrogen-bond donors (Lipinski definition) is 1. The van der Waals surface area contributed by atoms with Crippen LogP contribution in [0.4, 0.5) is 5.69 Å². The van der Waals surface area contributed by atoms with Crippen LogP contribution in [0.2, 0.25) is 0 Å². The predicted octanol–water partition coefficient (Wildman–Crippen LogP) is 1.68. The number of anilines is 1. The van der Waals surface area contributed by atoms with Gasteiger partial charge in [-0.3, -0.25) is 0 Å². The van der Waals surface area contributed by atoms with Gasteiger partial charge in [0.15, 0.2) is 0 Å². The molecular weight excluding hydrogens is 202 g/mol. The van der Waals surface area contributed by atoms with Gasteiger partial charge in [-0.05, 0) is 18.2 Å². The Morgan fingerprint density at radius 3 is 2.81 bits per heavy atom. The van der Waals surface area contributed by atoms with Gasteiger partial charge >= 0.3 is 0 Å². The number of hydrogen-bond acceptors (Lipinski definition) is 3. The van der Waals surface area contributed by atoms with Crippen molar-refractivity contribution < 1.29 is 4.74 Å². The maximum atomic E-state index is 5.15. The molecular formula is C12H13N3O. The van der Waals surface area contributed by atoms with Gasteiger partial charge in [-0.2, -0.15) is 5.10 Å². The lowest BCUT2D eigenvalue weighted by molar-refractivity contribution is 0.0211. The number of para-hydroxylation sites is 2. The van der Waals surface area contributed by atoms with Gasteiger partial charge in [-0.25, -0.2) is 4.68 Å². The second-order valence-electron chi connectivity index (χ2n) is 3.85. The molecule has 0 aliphatic carbocycles. The first-order valence-electron chi connectivity index (χ1n) is 5.37. The first-order valence-corrected chi connectivity index (χ1v) is 5.37. The third kappa shape index (κ3) is 1.67. The van der Waals surface area contributed by atoms with E-state index in [-0.39, 0.29) is 0 Å². The summed E-state index contributed by atoms with van der Waals surface area (Å²) in [6.07, 6.45) is 3.72. The molecule has 2 aromatic rings. The van der Waals surface area contributed by atoms with E-state index >= 15 is 0 Å². The zero-order valence-corrected chi connectivity index (χ0v) is 8.84. The Kier molecular flexibility index (Phi) is 2.34. The number of rotatable bonds is 3. The molecule has 3 rings (SSSR count). The minimum atomic E-state index is 0.428. The SMILES string of the molecule is c1ccc(-n2cccn2)c(NC2COC2)c1. The molecule has 0 spiro atoms. The molecule has 16 heavy (non-hydrogen) atoms. The maximum absolute atomic E-state index is 5.15. The molecule has 0 bridgehead atoms. The molecule has 1 N–H and O–H groups in total. The highest BCUT2D eigenvalue weighted by molar-refractivity contribution is 5.61. The molecule has 0 atom stereocenters. The summed E-state index contributed by atoms with van der Waals surface area (Å²) >= 11 is 0. The van der Waals surface area contributed by atoms with E-state index in [4.69, 9.17) is 4.74 Å². The number of nitrogens with zero attached hydrogens (tertiary/aromatic N) is 2. The van der Waals surface area contributed by atoms with Crippen LogP contribution >= 0.6 is 0 Å².